The van der Waals surface area contributed by atoms with Gasteiger partial charge in [-0.1, -0.05) is 36.4 Å². The van der Waals surface area contributed by atoms with Gasteiger partial charge >= 0.3 is 5.97 Å². The average molecular weight is 527 g/mol. The van der Waals surface area contributed by atoms with Gasteiger partial charge in [-0.15, -0.1) is 0 Å². The van der Waals surface area contributed by atoms with E-state index in [1.807, 2.05) is 74.5 Å². The van der Waals surface area contributed by atoms with Crippen LogP contribution in [0.4, 0.5) is 5.69 Å². The number of fused-ring (bicyclic) bond motifs is 2. The maximum absolute atomic E-state index is 13.9. The van der Waals surface area contributed by atoms with Crippen molar-refractivity contribution < 1.29 is 23.9 Å². The summed E-state index contributed by atoms with van der Waals surface area (Å²) >= 11 is 0. The second kappa shape index (κ2) is 9.43. The third-order valence-electron chi connectivity index (χ3n) is 8.20. The van der Waals surface area contributed by atoms with Gasteiger partial charge in [-0.25, -0.2) is 0 Å². The van der Waals surface area contributed by atoms with Crippen molar-refractivity contribution in [1.29, 1.82) is 0 Å². The highest BCUT2D eigenvalue weighted by atomic mass is 16.4. The lowest BCUT2D eigenvalue weighted by Gasteiger charge is -2.31. The van der Waals surface area contributed by atoms with Crippen LogP contribution in [0.3, 0.4) is 0 Å². The van der Waals surface area contributed by atoms with E-state index in [-0.39, 0.29) is 18.9 Å². The highest BCUT2D eigenvalue weighted by Gasteiger charge is 2.69. The molecule has 4 aromatic rings. The Morgan fingerprint density at radius 2 is 1.82 bits per heavy atom. The van der Waals surface area contributed by atoms with Crippen LogP contribution in [0.1, 0.15) is 28.7 Å². The molecule has 2 aliphatic rings. The normalized spacial score (nSPS) is 24.5. The number of aromatic amines is 1. The Labute approximate surface area is 225 Å². The van der Waals surface area contributed by atoms with Crippen molar-refractivity contribution in [3.8, 4) is 0 Å². The summed E-state index contributed by atoms with van der Waals surface area (Å²) in [7, 11) is 0. The fourth-order valence-corrected chi connectivity index (χ4v) is 6.16. The number of benzene rings is 2. The van der Waals surface area contributed by atoms with Crippen LogP contribution < -0.4 is 10.6 Å². The lowest BCUT2D eigenvalue weighted by molar-refractivity contribution is -0.151. The molecule has 0 spiro atoms. The van der Waals surface area contributed by atoms with Crippen molar-refractivity contribution in [3.63, 3.8) is 0 Å². The van der Waals surface area contributed by atoms with E-state index in [4.69, 9.17) is 4.42 Å². The van der Waals surface area contributed by atoms with E-state index in [2.05, 4.69) is 15.6 Å². The highest BCUT2D eigenvalue weighted by Crippen LogP contribution is 2.50. The Morgan fingerprint density at radius 1 is 1.08 bits per heavy atom. The summed E-state index contributed by atoms with van der Waals surface area (Å²) in [4.78, 5) is 45.3. The molecule has 0 aliphatic carbocycles. The lowest BCUT2D eigenvalue weighted by atomic mass is 9.76. The van der Waals surface area contributed by atoms with Gasteiger partial charge in [0.2, 0.25) is 11.8 Å². The Hall–Kier alpha value is -4.37. The molecule has 2 aliphatic heterocycles. The summed E-state index contributed by atoms with van der Waals surface area (Å²) in [6.45, 7) is 4.20. The van der Waals surface area contributed by atoms with Gasteiger partial charge in [0.15, 0.2) is 0 Å². The minimum absolute atomic E-state index is 0.0256. The number of likely N-dealkylation sites (tertiary alicyclic amines) is 1. The van der Waals surface area contributed by atoms with Crippen molar-refractivity contribution in [2.24, 2.45) is 11.8 Å². The van der Waals surface area contributed by atoms with E-state index in [9.17, 15) is 19.5 Å². The average Bonchev–Trinajstić information content (AvgIpc) is 3.65. The number of carboxylic acids is 1. The maximum atomic E-state index is 13.9. The number of carbonyl (C=O) groups is 3. The molecule has 0 saturated carbocycles. The molecule has 39 heavy (non-hydrogen) atoms. The number of carbonyl (C=O) groups excluding carboxylic acids is 2. The zero-order valence-electron chi connectivity index (χ0n) is 21.7. The number of anilines is 1. The Bertz CT molecular complexity index is 1550. The monoisotopic (exact) mass is 526 g/mol. The fourth-order valence-electron chi connectivity index (χ4n) is 6.16. The van der Waals surface area contributed by atoms with Crippen LogP contribution >= 0.6 is 0 Å². The number of hydrogen-bond donors (Lipinski definition) is 4. The van der Waals surface area contributed by atoms with Crippen LogP contribution in [0.25, 0.3) is 10.9 Å². The Morgan fingerprint density at radius 3 is 2.54 bits per heavy atom. The molecular weight excluding hydrogens is 496 g/mol. The summed E-state index contributed by atoms with van der Waals surface area (Å²) in [6.07, 6.45) is 1.81. The first-order valence-electron chi connectivity index (χ1n) is 13.1. The number of hydrogen-bond acceptors (Lipinski definition) is 6. The number of aromatic nitrogens is 1. The number of aliphatic carboxylic acids is 1. The molecule has 0 bridgehead atoms. The smallest absolute Gasteiger partial charge is 0.325 e. The third-order valence-corrected chi connectivity index (χ3v) is 8.20. The number of rotatable bonds is 8. The molecule has 2 saturated heterocycles. The van der Waals surface area contributed by atoms with E-state index in [1.165, 1.54) is 4.90 Å². The van der Waals surface area contributed by atoms with Crippen LogP contribution in [0.2, 0.25) is 0 Å². The number of aryl methyl sites for hydroxylation is 2. The topological polar surface area (TPSA) is 128 Å². The number of nitrogens with one attached hydrogen (secondary N) is 3. The summed E-state index contributed by atoms with van der Waals surface area (Å²) < 4.78 is 5.99. The summed E-state index contributed by atoms with van der Waals surface area (Å²) in [5, 5.41) is 18.1. The molecular formula is C30H30N4O5. The van der Waals surface area contributed by atoms with Gasteiger partial charge in [-0.3, -0.25) is 24.6 Å². The van der Waals surface area contributed by atoms with Crippen molar-refractivity contribution >= 4 is 34.4 Å². The molecule has 2 amide bonds. The number of para-hydroxylation sites is 2. The first-order valence-corrected chi connectivity index (χ1v) is 13.1. The van der Waals surface area contributed by atoms with Gasteiger partial charge in [-0.05, 0) is 49.2 Å². The molecule has 9 nitrogen and oxygen atoms in total. The van der Waals surface area contributed by atoms with Crippen molar-refractivity contribution in [1.82, 2.24) is 15.2 Å². The molecule has 200 valence electrons. The first-order chi connectivity index (χ1) is 18.8. The number of imide groups is 1. The molecule has 6 rings (SSSR count). The minimum atomic E-state index is -1.71. The molecule has 4 unspecified atom stereocenters. The predicted octanol–water partition coefficient (Wildman–Crippen LogP) is 3.80. The summed E-state index contributed by atoms with van der Waals surface area (Å²) in [5.74, 6) is -2.87. The van der Waals surface area contributed by atoms with Gasteiger partial charge in [0, 0.05) is 42.3 Å². The van der Waals surface area contributed by atoms with Crippen molar-refractivity contribution in [3.05, 3.63) is 89.5 Å². The largest absolute Gasteiger partial charge is 0.480 e. The molecule has 4 heterocycles. The number of amides is 2. The zero-order chi connectivity index (χ0) is 27.3. The van der Waals surface area contributed by atoms with Crippen LogP contribution in [0.5, 0.6) is 0 Å². The van der Waals surface area contributed by atoms with E-state index >= 15 is 0 Å². The highest BCUT2D eigenvalue weighted by molar-refractivity contribution is 6.09. The minimum Gasteiger partial charge on any atom is -0.480 e. The standard InChI is InChI=1S/C30H30N4O5/c1-17-14-23(39-18(17)2)26-24-25(28(36)34(27(24)35)13-12-31-20-8-4-3-5-9-20)30(33-26,29(37)38)15-19-16-32-22-11-7-6-10-21(19)22/h3-11,14,16,24-26,31-33H,12-13,15H2,1-2H3,(H,37,38). The molecule has 2 aromatic carbocycles. The van der Waals surface area contributed by atoms with Gasteiger partial charge in [-0.2, -0.15) is 0 Å². The van der Waals surface area contributed by atoms with Gasteiger partial charge in [0.1, 0.15) is 17.1 Å². The lowest BCUT2D eigenvalue weighted by Crippen LogP contribution is -2.57. The molecule has 2 aromatic heterocycles. The van der Waals surface area contributed by atoms with E-state index < -0.39 is 35.3 Å². The molecule has 2 fully saturated rings. The van der Waals surface area contributed by atoms with Crippen LogP contribution in [-0.2, 0) is 20.8 Å². The van der Waals surface area contributed by atoms with Crippen molar-refractivity contribution in [2.45, 2.75) is 31.8 Å². The number of H-pyrrole nitrogens is 1. The van der Waals surface area contributed by atoms with Crippen LogP contribution in [-0.4, -0.2) is 51.4 Å². The van der Waals surface area contributed by atoms with Crippen molar-refractivity contribution in [2.75, 3.05) is 18.4 Å². The van der Waals surface area contributed by atoms with Crippen LogP contribution in [0.15, 0.2) is 71.3 Å². The molecule has 9 heteroatoms. The van der Waals surface area contributed by atoms with E-state index in [0.29, 0.717) is 18.1 Å². The molecule has 0 radical (unpaired) electrons. The zero-order valence-corrected chi connectivity index (χ0v) is 21.7. The van der Waals surface area contributed by atoms with Gasteiger partial charge in [0.25, 0.3) is 0 Å². The second-order valence-electron chi connectivity index (χ2n) is 10.4. The second-order valence-corrected chi connectivity index (χ2v) is 10.4. The number of furan rings is 1. The van der Waals surface area contributed by atoms with Gasteiger partial charge < -0.3 is 19.8 Å². The molecule has 4 atom stereocenters. The number of nitrogens with zero attached hydrogens (tertiary/aromatic N) is 1. The SMILES string of the molecule is Cc1cc(C2NC(Cc3c[nH]c4ccccc34)(C(=O)O)C3C(=O)N(CCNc4ccccc4)C(=O)C23)oc1C. The van der Waals surface area contributed by atoms with E-state index in [0.717, 1.165) is 27.7 Å². The summed E-state index contributed by atoms with van der Waals surface area (Å²) in [6, 6.07) is 18.2. The third kappa shape index (κ3) is 4.01. The predicted molar refractivity (Wildman–Crippen MR) is 145 cm³/mol. The first kappa shape index (κ1) is 24.9. The number of carboxylic acid groups (broad SMARTS) is 1. The fraction of sp³-hybridized carbons (Fsp3) is 0.300. The maximum Gasteiger partial charge on any atom is 0.325 e. The van der Waals surface area contributed by atoms with Gasteiger partial charge in [0.05, 0.1) is 17.9 Å². The van der Waals surface area contributed by atoms with E-state index in [1.54, 1.807) is 6.20 Å². The van der Waals surface area contributed by atoms with Crippen LogP contribution in [0, 0.1) is 25.7 Å². The summed E-state index contributed by atoms with van der Waals surface area (Å²) in [5.41, 5.74) is 1.70. The Balaban J connectivity index is 1.38. The Kier molecular flexibility index (Phi) is 6.03. The quantitative estimate of drug-likeness (QED) is 0.257. The molecule has 4 N–H and O–H groups in total.